The number of hydrogen-bond acceptors (Lipinski definition) is 14. The van der Waals surface area contributed by atoms with Crippen molar-refractivity contribution in [3.8, 4) is 19.5 Å². The van der Waals surface area contributed by atoms with Gasteiger partial charge in [-0.1, -0.05) is 0 Å². The molecule has 0 N–H and O–H groups in total. The Morgan fingerprint density at radius 3 is 1.00 bits per heavy atom. The number of methoxy groups -OCH3 is 4. The van der Waals surface area contributed by atoms with E-state index in [0.29, 0.717) is 115 Å². The Morgan fingerprint density at radius 1 is 0.378 bits per heavy atom. The minimum Gasteiger partial charge on any atom is -0.382 e. The average Bonchev–Trinajstić information content (AvgIpc) is 4.25. The molecule has 8 nitrogen and oxygen atoms in total. The lowest BCUT2D eigenvalue weighted by Crippen LogP contribution is -2.45. The van der Waals surface area contributed by atoms with Crippen LogP contribution in [0.4, 0.5) is 17.6 Å². The first-order chi connectivity index (χ1) is 35.5. The summed E-state index contributed by atoms with van der Waals surface area (Å²) in [4.78, 5) is 10.7. The molecule has 6 aromatic rings. The van der Waals surface area contributed by atoms with Gasteiger partial charge in [-0.2, -0.15) is 0 Å². The number of allylic oxidation sites excluding steroid dienone is 2. The molecule has 0 amide bonds. The molecule has 0 atom stereocenters. The zero-order chi connectivity index (χ0) is 53.0. The van der Waals surface area contributed by atoms with E-state index in [-0.39, 0.29) is 11.1 Å². The van der Waals surface area contributed by atoms with Crippen LogP contribution in [0.1, 0.15) is 86.2 Å². The van der Waals surface area contributed by atoms with Crippen LogP contribution in [-0.4, -0.2) is 120 Å². The monoisotopic (exact) mass is 1140 g/mol. The standard InChI is InChI=1S/C56H68F4O8S6/c1-33-27-43(69-39(33)11-15-65-23-19-61-7)45-31-37-49-50(56(59,60)53(5,6)55(49,57)58)38-32-46(44-28-34(2)40(70-44)12-16-66-24-20-62-8)74-52(38)54(51(37)73-45,47-29-35(3)41(71-47)13-17-67-25-21-63-9)48-30-36(4)42(72-48)14-18-68-26-22-64-10/h27-32H,11-26H2,1-10H3. The fourth-order valence-corrected chi connectivity index (χ4v) is 18.1. The Bertz CT molecular complexity index is 2690. The summed E-state index contributed by atoms with van der Waals surface area (Å²) in [6.45, 7) is 15.9. The molecule has 0 unspecified atom stereocenters. The van der Waals surface area contributed by atoms with Gasteiger partial charge in [0.25, 0.3) is 11.8 Å². The van der Waals surface area contributed by atoms with Crippen molar-refractivity contribution in [2.75, 3.05) is 108 Å². The van der Waals surface area contributed by atoms with Crippen LogP contribution >= 0.6 is 68.0 Å². The van der Waals surface area contributed by atoms with E-state index >= 15 is 17.6 Å². The Hall–Kier alpha value is -2.66. The van der Waals surface area contributed by atoms with E-state index in [4.69, 9.17) is 37.9 Å². The lowest BCUT2D eigenvalue weighted by molar-refractivity contribution is -0.151. The quantitative estimate of drug-likeness (QED) is 0.0355. The molecule has 0 saturated carbocycles. The number of ether oxygens (including phenoxy) is 8. The summed E-state index contributed by atoms with van der Waals surface area (Å²) in [7, 11) is 6.56. The number of aryl methyl sites for hydroxylation is 4. The summed E-state index contributed by atoms with van der Waals surface area (Å²) >= 11 is 9.34. The number of alkyl halides is 4. The van der Waals surface area contributed by atoms with Crippen molar-refractivity contribution in [1.29, 1.82) is 0 Å². The van der Waals surface area contributed by atoms with Crippen LogP contribution in [0.3, 0.4) is 0 Å². The summed E-state index contributed by atoms with van der Waals surface area (Å²) in [5, 5.41) is 0. The third-order valence-corrected chi connectivity index (χ3v) is 22.4. The van der Waals surface area contributed by atoms with Crippen molar-refractivity contribution in [3.63, 3.8) is 0 Å². The second-order valence-electron chi connectivity index (χ2n) is 19.3. The molecule has 8 rings (SSSR count). The topological polar surface area (TPSA) is 73.8 Å². The molecule has 18 heteroatoms. The average molecular weight is 1140 g/mol. The summed E-state index contributed by atoms with van der Waals surface area (Å²) < 4.78 is 117. The van der Waals surface area contributed by atoms with Crippen molar-refractivity contribution >= 4 is 79.2 Å². The van der Waals surface area contributed by atoms with Crippen LogP contribution < -0.4 is 0 Å². The summed E-state index contributed by atoms with van der Waals surface area (Å²) in [6.07, 6.45) is 2.53. The van der Waals surface area contributed by atoms with Crippen molar-refractivity contribution in [2.24, 2.45) is 5.41 Å². The van der Waals surface area contributed by atoms with Gasteiger partial charge in [-0.05, 0) is 100 Å². The number of fused-ring (bicyclic) bond motifs is 4. The normalized spacial score (nSPS) is 16.3. The Morgan fingerprint density at radius 2 is 0.676 bits per heavy atom. The van der Waals surface area contributed by atoms with Gasteiger partial charge in [0.2, 0.25) is 0 Å². The first-order valence-electron chi connectivity index (χ1n) is 24.9. The van der Waals surface area contributed by atoms with Gasteiger partial charge in [-0.25, -0.2) is 17.6 Å². The Kier molecular flexibility index (Phi) is 19.1. The summed E-state index contributed by atoms with van der Waals surface area (Å²) in [5.74, 6) is -7.88. The van der Waals surface area contributed by atoms with Crippen molar-refractivity contribution in [1.82, 2.24) is 0 Å². The number of hydrogen-bond donors (Lipinski definition) is 0. The Labute approximate surface area is 457 Å². The molecular weight excluding hydrogens is 1070 g/mol. The van der Waals surface area contributed by atoms with Gasteiger partial charge in [-0.3, -0.25) is 0 Å². The van der Waals surface area contributed by atoms with E-state index in [2.05, 4.69) is 52.0 Å². The van der Waals surface area contributed by atoms with Crippen LogP contribution in [0.2, 0.25) is 0 Å². The lowest BCUT2D eigenvalue weighted by Gasteiger charge is -2.37. The molecule has 0 fully saturated rings. The Balaban J connectivity index is 1.42. The maximum atomic E-state index is 18.0. The molecule has 74 heavy (non-hydrogen) atoms. The highest BCUT2D eigenvalue weighted by atomic mass is 32.1. The maximum Gasteiger partial charge on any atom is 0.285 e. The largest absolute Gasteiger partial charge is 0.382 e. The molecule has 0 radical (unpaired) electrons. The number of thiophene rings is 6. The van der Waals surface area contributed by atoms with E-state index in [1.54, 1.807) is 85.9 Å². The minimum absolute atomic E-state index is 0.171. The second-order valence-corrected chi connectivity index (χ2v) is 25.9. The molecule has 6 heterocycles. The highest BCUT2D eigenvalue weighted by molar-refractivity contribution is 7.24. The summed E-state index contributed by atoms with van der Waals surface area (Å²) in [6, 6.07) is 12.2. The summed E-state index contributed by atoms with van der Waals surface area (Å²) in [5.41, 5.74) is -0.713. The third kappa shape index (κ3) is 11.0. The lowest BCUT2D eigenvalue weighted by atomic mass is 9.75. The van der Waals surface area contributed by atoms with Crippen LogP contribution in [-0.2, 0) is 69.0 Å². The first-order valence-corrected chi connectivity index (χ1v) is 29.8. The van der Waals surface area contributed by atoms with Crippen LogP contribution in [0, 0.1) is 33.1 Å². The molecule has 404 valence electrons. The van der Waals surface area contributed by atoms with Gasteiger partial charge < -0.3 is 37.9 Å². The highest BCUT2D eigenvalue weighted by Gasteiger charge is 2.74. The predicted octanol–water partition coefficient (Wildman–Crippen LogP) is 14.4. The van der Waals surface area contributed by atoms with Crippen molar-refractivity contribution < 1.29 is 55.5 Å². The van der Waals surface area contributed by atoms with Crippen LogP contribution in [0.5, 0.6) is 0 Å². The smallest absolute Gasteiger partial charge is 0.285 e. The fourth-order valence-electron chi connectivity index (χ4n) is 9.69. The molecular formula is C56H68F4O8S6. The van der Waals surface area contributed by atoms with E-state index in [0.717, 1.165) is 84.9 Å². The van der Waals surface area contributed by atoms with Gasteiger partial charge in [0.05, 0.1) is 79.3 Å². The van der Waals surface area contributed by atoms with E-state index in [9.17, 15) is 0 Å². The van der Waals surface area contributed by atoms with E-state index in [1.807, 2.05) is 0 Å². The third-order valence-electron chi connectivity index (χ3n) is 14.1. The SMILES string of the molecule is COCCOCCc1sc(-c2cc3c(s2)C(c2cc(C)c(CCOCCOC)s2)(c2cc(C)c(CCOCCOC)s2)c2sc(-c4cc(C)c(CCOCCOC)s4)cc2C2=C3C(F)(F)C(C)(C)C2(F)F)cc1C. The van der Waals surface area contributed by atoms with Gasteiger partial charge in [0.1, 0.15) is 10.8 Å². The van der Waals surface area contributed by atoms with Crippen molar-refractivity contribution in [3.05, 3.63) is 109 Å². The zero-order valence-electron chi connectivity index (χ0n) is 44.0. The van der Waals surface area contributed by atoms with E-state index < -0.39 is 33.8 Å². The molecule has 0 saturated heterocycles. The first kappa shape index (κ1) is 57.5. The van der Waals surface area contributed by atoms with E-state index in [1.165, 1.54) is 22.7 Å². The second kappa shape index (κ2) is 24.6. The van der Waals surface area contributed by atoms with Gasteiger partial charge in [0, 0.05) is 135 Å². The highest BCUT2D eigenvalue weighted by Crippen LogP contribution is 2.72. The molecule has 0 aromatic carbocycles. The van der Waals surface area contributed by atoms with Crippen LogP contribution in [0.25, 0.3) is 30.7 Å². The minimum atomic E-state index is -3.94. The molecule has 2 aliphatic carbocycles. The zero-order valence-corrected chi connectivity index (χ0v) is 48.9. The predicted molar refractivity (Wildman–Crippen MR) is 298 cm³/mol. The molecule has 0 spiro atoms. The number of rotatable bonds is 28. The fraction of sp³-hybridized carbons (Fsp3) is 0.536. The van der Waals surface area contributed by atoms with Gasteiger partial charge in [-0.15, -0.1) is 68.0 Å². The molecule has 2 aliphatic rings. The maximum absolute atomic E-state index is 18.0. The number of halogens is 4. The molecule has 0 aliphatic heterocycles. The van der Waals surface area contributed by atoms with Gasteiger partial charge >= 0.3 is 0 Å². The van der Waals surface area contributed by atoms with Gasteiger partial charge in [0.15, 0.2) is 0 Å². The molecule has 6 aromatic heterocycles. The van der Waals surface area contributed by atoms with Crippen molar-refractivity contribution in [2.45, 2.75) is 84.5 Å². The van der Waals surface area contributed by atoms with Crippen LogP contribution in [0.15, 0.2) is 36.4 Å². The molecule has 0 bridgehead atoms.